The van der Waals surface area contributed by atoms with Gasteiger partial charge < -0.3 is 23.1 Å². The normalized spacial score (nSPS) is 15.7. The number of rotatable bonds is 2. The second kappa shape index (κ2) is 5.07. The van der Waals surface area contributed by atoms with E-state index >= 15 is 0 Å². The van der Waals surface area contributed by atoms with Crippen LogP contribution >= 0.6 is 12.2 Å². The highest BCUT2D eigenvalue weighted by Gasteiger charge is 2.35. The summed E-state index contributed by atoms with van der Waals surface area (Å²) >= 11 is 10.4. The summed E-state index contributed by atoms with van der Waals surface area (Å²) in [6, 6.07) is 7.97. The Hall–Kier alpha value is -1.92. The maximum atomic E-state index is 5.91. The van der Waals surface area contributed by atoms with Crippen molar-refractivity contribution in [1.82, 2.24) is 4.57 Å². The van der Waals surface area contributed by atoms with E-state index in [-0.39, 0.29) is 5.41 Å². The van der Waals surface area contributed by atoms with Gasteiger partial charge in [0.25, 0.3) is 0 Å². The molecule has 0 bridgehead atoms. The Morgan fingerprint density at radius 3 is 2.73 bits per heavy atom. The Morgan fingerprint density at radius 2 is 2.05 bits per heavy atom. The van der Waals surface area contributed by atoms with E-state index in [1.807, 2.05) is 42.2 Å². The highest BCUT2D eigenvalue weighted by Crippen LogP contribution is 2.41. The van der Waals surface area contributed by atoms with Crippen molar-refractivity contribution in [2.75, 3.05) is 0 Å². The molecule has 3 rings (SSSR count). The van der Waals surface area contributed by atoms with Crippen molar-refractivity contribution in [3.63, 3.8) is 0 Å². The molecule has 0 saturated carbocycles. The van der Waals surface area contributed by atoms with Crippen LogP contribution in [0.1, 0.15) is 25.1 Å². The smallest absolute Gasteiger partial charge is 0.206 e. The molecule has 2 N–H and O–H groups in total. The van der Waals surface area contributed by atoms with Gasteiger partial charge >= 0.3 is 0 Å². The Morgan fingerprint density at radius 1 is 1.32 bits per heavy atom. The number of fused-ring (bicyclic) bond motifs is 1. The first-order chi connectivity index (χ1) is 10.3. The van der Waals surface area contributed by atoms with Gasteiger partial charge in [0.05, 0.1) is 11.1 Å². The van der Waals surface area contributed by atoms with Crippen LogP contribution in [-0.2, 0) is 25.3 Å². The molecule has 0 fully saturated rings. The van der Waals surface area contributed by atoms with E-state index in [9.17, 15) is 0 Å². The molecule has 0 spiro atoms. The van der Waals surface area contributed by atoms with Crippen LogP contribution in [0.2, 0.25) is 0 Å². The van der Waals surface area contributed by atoms with Gasteiger partial charge in [-0.15, -0.1) is 4.14 Å². The summed E-state index contributed by atoms with van der Waals surface area (Å²) in [5, 5.41) is 0. The molecule has 1 aliphatic rings. The standard InChI is InChI=1S/C16H17N3OS2/c1-16(2)9-19(22)20-12-6-4-5-10(13(12)16)11-7-8-18(3)14(11)15(17)21/h4-9H,1-3H3,(H2,17,21). The summed E-state index contributed by atoms with van der Waals surface area (Å²) in [6.07, 6.45) is 3.85. The quantitative estimate of drug-likeness (QED) is 0.521. The number of thiocarbonyl (C=S) groups is 1. The molecule has 1 aliphatic heterocycles. The summed E-state index contributed by atoms with van der Waals surface area (Å²) in [5.74, 6) is 0.762. The zero-order chi connectivity index (χ0) is 16.1. The number of aromatic nitrogens is 1. The Labute approximate surface area is 140 Å². The van der Waals surface area contributed by atoms with Crippen LogP contribution in [0.15, 0.2) is 30.5 Å². The minimum Gasteiger partial charge on any atom is -0.388 e. The topological polar surface area (TPSA) is 43.2 Å². The SMILES string of the molecule is Cn1ccc(-c2cccc3c2C(C)(C)C=[N+]([S-])O3)c1C(N)=S. The van der Waals surface area contributed by atoms with Crippen LogP contribution < -0.4 is 10.6 Å². The highest BCUT2D eigenvalue weighted by atomic mass is 32.1. The van der Waals surface area contributed by atoms with Gasteiger partial charge in [-0.3, -0.25) is 4.84 Å². The first kappa shape index (κ1) is 15.0. The van der Waals surface area contributed by atoms with Gasteiger partial charge in [-0.2, -0.15) is 0 Å². The summed E-state index contributed by atoms with van der Waals surface area (Å²) in [6.45, 7) is 4.22. The molecule has 4 nitrogen and oxygen atoms in total. The van der Waals surface area contributed by atoms with Gasteiger partial charge in [-0.1, -0.05) is 24.4 Å². The molecule has 1 aromatic carbocycles. The van der Waals surface area contributed by atoms with Crippen molar-refractivity contribution in [3.8, 4) is 16.9 Å². The van der Waals surface area contributed by atoms with Gasteiger partial charge in [0.15, 0.2) is 6.21 Å². The maximum absolute atomic E-state index is 5.91. The van der Waals surface area contributed by atoms with Crippen molar-refractivity contribution in [3.05, 3.63) is 41.7 Å². The molecule has 0 radical (unpaired) electrons. The first-order valence-electron chi connectivity index (χ1n) is 6.90. The van der Waals surface area contributed by atoms with Gasteiger partial charge in [0, 0.05) is 24.4 Å². The van der Waals surface area contributed by atoms with Gasteiger partial charge in [-0.05, 0) is 31.5 Å². The number of benzene rings is 1. The van der Waals surface area contributed by atoms with E-state index < -0.39 is 0 Å². The average molecular weight is 331 g/mol. The van der Waals surface area contributed by atoms with Gasteiger partial charge in [0.2, 0.25) is 5.75 Å². The number of nitrogens with zero attached hydrogens (tertiary/aromatic N) is 2. The fourth-order valence-electron chi connectivity index (χ4n) is 3.00. The molecule has 1 aromatic heterocycles. The lowest BCUT2D eigenvalue weighted by molar-refractivity contribution is -0.611. The third-order valence-electron chi connectivity index (χ3n) is 3.88. The second-order valence-corrected chi connectivity index (χ2v) is 6.76. The molecule has 0 saturated heterocycles. The summed E-state index contributed by atoms with van der Waals surface area (Å²) in [5.41, 5.74) is 9.65. The molecular weight excluding hydrogens is 314 g/mol. The number of hydrogen-bond donors (Lipinski definition) is 1. The molecule has 114 valence electrons. The van der Waals surface area contributed by atoms with Gasteiger partial charge in [-0.25, -0.2) is 0 Å². The molecule has 2 heterocycles. The summed E-state index contributed by atoms with van der Waals surface area (Å²) in [7, 11) is 1.94. The molecule has 22 heavy (non-hydrogen) atoms. The largest absolute Gasteiger partial charge is 0.388 e. The van der Waals surface area contributed by atoms with E-state index in [0.29, 0.717) is 4.99 Å². The zero-order valence-corrected chi connectivity index (χ0v) is 14.3. The number of hydrogen-bond acceptors (Lipinski definition) is 3. The molecule has 0 atom stereocenters. The van der Waals surface area contributed by atoms with Crippen LogP contribution in [0.4, 0.5) is 0 Å². The fraction of sp³-hybridized carbons (Fsp3) is 0.250. The van der Waals surface area contributed by atoms with Gasteiger partial charge in [0.1, 0.15) is 4.99 Å². The van der Waals surface area contributed by atoms with Crippen molar-refractivity contribution in [2.24, 2.45) is 12.8 Å². The lowest BCUT2D eigenvalue weighted by Crippen LogP contribution is -2.32. The summed E-state index contributed by atoms with van der Waals surface area (Å²) < 4.78 is 3.28. The molecule has 0 aliphatic carbocycles. The predicted molar refractivity (Wildman–Crippen MR) is 94.1 cm³/mol. The summed E-state index contributed by atoms with van der Waals surface area (Å²) in [4.78, 5) is 6.04. The van der Waals surface area contributed by atoms with E-state index in [2.05, 4.69) is 19.9 Å². The van der Waals surface area contributed by atoms with E-state index in [4.69, 9.17) is 35.6 Å². The minimum absolute atomic E-state index is 0.255. The lowest BCUT2D eigenvalue weighted by Gasteiger charge is -2.28. The van der Waals surface area contributed by atoms with Crippen molar-refractivity contribution >= 4 is 36.2 Å². The zero-order valence-electron chi connectivity index (χ0n) is 12.7. The van der Waals surface area contributed by atoms with Crippen LogP contribution in [0.5, 0.6) is 5.75 Å². The van der Waals surface area contributed by atoms with Crippen molar-refractivity contribution in [1.29, 1.82) is 0 Å². The Balaban J connectivity index is 2.29. The first-order valence-corrected chi connectivity index (χ1v) is 7.68. The maximum Gasteiger partial charge on any atom is 0.206 e. The van der Waals surface area contributed by atoms with Crippen molar-refractivity contribution in [2.45, 2.75) is 19.3 Å². The van der Waals surface area contributed by atoms with Crippen LogP contribution in [0.25, 0.3) is 11.1 Å². The average Bonchev–Trinajstić information content (AvgIpc) is 2.78. The molecule has 0 amide bonds. The second-order valence-electron chi connectivity index (χ2n) is 5.96. The molecule has 6 heteroatoms. The van der Waals surface area contributed by atoms with Crippen LogP contribution in [-0.4, -0.2) is 19.9 Å². The lowest BCUT2D eigenvalue weighted by atomic mass is 9.80. The van der Waals surface area contributed by atoms with Crippen LogP contribution in [0.3, 0.4) is 0 Å². The molecular formula is C16H17N3OS2. The Kier molecular flexibility index (Phi) is 3.45. The fourth-order valence-corrected chi connectivity index (χ4v) is 3.60. The Bertz CT molecular complexity index is 806. The van der Waals surface area contributed by atoms with E-state index in [1.54, 1.807) is 0 Å². The van der Waals surface area contributed by atoms with E-state index in [0.717, 1.165) is 28.1 Å². The molecule has 2 aromatic rings. The third kappa shape index (κ3) is 2.28. The monoisotopic (exact) mass is 331 g/mol. The number of aryl methyl sites for hydroxylation is 1. The minimum atomic E-state index is -0.255. The highest BCUT2D eigenvalue weighted by molar-refractivity contribution is 7.80. The molecule has 0 unspecified atom stereocenters. The van der Waals surface area contributed by atoms with E-state index in [1.165, 1.54) is 4.14 Å². The van der Waals surface area contributed by atoms with Crippen molar-refractivity contribution < 1.29 is 8.98 Å². The van der Waals surface area contributed by atoms with Crippen LogP contribution in [0, 0.1) is 0 Å². The predicted octanol–water partition coefficient (Wildman–Crippen LogP) is 2.46. The third-order valence-corrected chi connectivity index (χ3v) is 4.26. The number of nitrogens with two attached hydrogens (primary N) is 1.